The minimum atomic E-state index is -4.29. The lowest BCUT2D eigenvalue weighted by Gasteiger charge is -2.22. The third-order valence-electron chi connectivity index (χ3n) is 6.89. The van der Waals surface area contributed by atoms with Crippen LogP contribution >= 0.6 is 0 Å². The molecule has 1 saturated carbocycles. The molecule has 1 amide bonds. The monoisotopic (exact) mass is 516 g/mol. The molecule has 0 bridgehead atoms. The molecule has 2 aromatic carbocycles. The van der Waals surface area contributed by atoms with Gasteiger partial charge in [-0.1, -0.05) is 18.2 Å². The first-order chi connectivity index (χ1) is 17.2. The highest BCUT2D eigenvalue weighted by Crippen LogP contribution is 2.55. The van der Waals surface area contributed by atoms with Crippen LogP contribution in [0.25, 0.3) is 6.08 Å². The van der Waals surface area contributed by atoms with Gasteiger partial charge in [0, 0.05) is 12.5 Å². The molecule has 3 atom stereocenters. The van der Waals surface area contributed by atoms with Crippen molar-refractivity contribution in [2.45, 2.75) is 36.1 Å². The van der Waals surface area contributed by atoms with E-state index in [2.05, 4.69) is 4.72 Å². The summed E-state index contributed by atoms with van der Waals surface area (Å²) in [7, 11) is -3.09. The Morgan fingerprint density at radius 1 is 1.28 bits per heavy atom. The topological polar surface area (TPSA) is 122 Å². The Hall–Kier alpha value is -3.60. The number of hydrogen-bond acceptors (Lipinski definition) is 6. The van der Waals surface area contributed by atoms with Crippen molar-refractivity contribution in [3.8, 4) is 5.75 Å². The Balaban J connectivity index is 1.50. The van der Waals surface area contributed by atoms with Gasteiger partial charge in [-0.15, -0.1) is 0 Å². The van der Waals surface area contributed by atoms with Gasteiger partial charge in [-0.25, -0.2) is 22.4 Å². The van der Waals surface area contributed by atoms with Crippen LogP contribution in [0.2, 0.25) is 0 Å². The summed E-state index contributed by atoms with van der Waals surface area (Å²) < 4.78 is 54.1. The van der Waals surface area contributed by atoms with Crippen molar-refractivity contribution < 1.29 is 37.0 Å². The highest BCUT2D eigenvalue weighted by molar-refractivity contribution is 7.92. The number of carbonyl (C=O) groups is 2. The Morgan fingerprint density at radius 3 is 2.83 bits per heavy atom. The fourth-order valence-corrected chi connectivity index (χ4v) is 6.23. The predicted octanol–water partition coefficient (Wildman–Crippen LogP) is 4.06. The maximum Gasteiger partial charge on any atom is 0.407 e. The molecule has 11 heteroatoms. The lowest BCUT2D eigenvalue weighted by atomic mass is 10.0. The number of amides is 1. The zero-order chi connectivity index (χ0) is 25.6. The van der Waals surface area contributed by atoms with Crippen LogP contribution in [0.15, 0.2) is 41.3 Å². The van der Waals surface area contributed by atoms with Crippen molar-refractivity contribution in [3.05, 3.63) is 58.9 Å². The van der Waals surface area contributed by atoms with Crippen molar-refractivity contribution in [1.29, 1.82) is 0 Å². The summed E-state index contributed by atoms with van der Waals surface area (Å²) in [5.74, 6) is -0.395. The van der Waals surface area contributed by atoms with E-state index in [0.717, 1.165) is 30.2 Å². The molecule has 5 rings (SSSR count). The first-order valence-electron chi connectivity index (χ1n) is 11.6. The van der Waals surface area contributed by atoms with E-state index < -0.39 is 33.9 Å². The largest absolute Gasteiger partial charge is 0.492 e. The number of nitrogens with one attached hydrogen (secondary N) is 1. The van der Waals surface area contributed by atoms with Crippen molar-refractivity contribution in [2.24, 2.45) is 5.92 Å². The van der Waals surface area contributed by atoms with E-state index in [0.29, 0.717) is 37.7 Å². The minimum Gasteiger partial charge on any atom is -0.492 e. The summed E-state index contributed by atoms with van der Waals surface area (Å²) in [5.41, 5.74) is 0.881. The summed E-state index contributed by atoms with van der Waals surface area (Å²) in [4.78, 5) is 25.1. The SMILES string of the molecule is COC(=O)c1c(NS(=O)(=O)c2ccc(F)cc2C=C[C@@H]2CCCN2C(=O)O)ccc2c1OC[C@@H]1C[C@H]21. The molecule has 2 N–H and O–H groups in total. The number of carbonyl (C=O) groups excluding carboxylic acids is 1. The Bertz CT molecular complexity index is 1370. The smallest absolute Gasteiger partial charge is 0.407 e. The summed E-state index contributed by atoms with van der Waals surface area (Å²) in [6, 6.07) is 6.03. The Labute approximate surface area is 207 Å². The number of sulfonamides is 1. The molecular weight excluding hydrogens is 491 g/mol. The third kappa shape index (κ3) is 4.39. The molecule has 190 valence electrons. The average Bonchev–Trinajstić information content (AvgIpc) is 3.49. The molecule has 0 unspecified atom stereocenters. The van der Waals surface area contributed by atoms with Gasteiger partial charge in [0.25, 0.3) is 10.0 Å². The maximum atomic E-state index is 14.1. The van der Waals surface area contributed by atoms with Crippen LogP contribution in [0.1, 0.15) is 46.7 Å². The predicted molar refractivity (Wildman–Crippen MR) is 128 cm³/mol. The number of hydrogen-bond donors (Lipinski definition) is 2. The molecule has 9 nitrogen and oxygen atoms in total. The van der Waals surface area contributed by atoms with Crippen LogP contribution in [-0.4, -0.2) is 56.8 Å². The van der Waals surface area contributed by atoms with Gasteiger partial charge in [0.1, 0.15) is 17.1 Å². The van der Waals surface area contributed by atoms with Gasteiger partial charge in [0.05, 0.1) is 30.3 Å². The van der Waals surface area contributed by atoms with Gasteiger partial charge in [-0.2, -0.15) is 0 Å². The molecule has 3 aliphatic rings. The van der Waals surface area contributed by atoms with Crippen molar-refractivity contribution >= 4 is 33.8 Å². The zero-order valence-electron chi connectivity index (χ0n) is 19.4. The lowest BCUT2D eigenvalue weighted by Crippen LogP contribution is -2.32. The van der Waals surface area contributed by atoms with Crippen molar-refractivity contribution in [1.82, 2.24) is 4.90 Å². The number of esters is 1. The first-order valence-corrected chi connectivity index (χ1v) is 13.1. The van der Waals surface area contributed by atoms with Crippen LogP contribution in [-0.2, 0) is 14.8 Å². The van der Waals surface area contributed by atoms with Crippen molar-refractivity contribution in [3.63, 3.8) is 0 Å². The van der Waals surface area contributed by atoms with E-state index in [1.807, 2.05) is 0 Å². The number of methoxy groups -OCH3 is 1. The molecule has 2 fully saturated rings. The van der Waals surface area contributed by atoms with Gasteiger partial charge in [-0.05, 0) is 60.6 Å². The van der Waals surface area contributed by atoms with Gasteiger partial charge in [0.2, 0.25) is 0 Å². The van der Waals surface area contributed by atoms with E-state index in [-0.39, 0.29) is 27.6 Å². The summed E-state index contributed by atoms with van der Waals surface area (Å²) >= 11 is 0. The van der Waals surface area contributed by atoms with E-state index in [9.17, 15) is 27.5 Å². The molecule has 1 saturated heterocycles. The third-order valence-corrected chi connectivity index (χ3v) is 8.33. The molecule has 0 radical (unpaired) electrons. The number of likely N-dealkylation sites (tertiary alicyclic amines) is 1. The van der Waals surface area contributed by atoms with Gasteiger partial charge in [0.15, 0.2) is 0 Å². The van der Waals surface area contributed by atoms with Crippen LogP contribution < -0.4 is 9.46 Å². The minimum absolute atomic E-state index is 0.00759. The van der Waals surface area contributed by atoms with Crippen molar-refractivity contribution in [2.75, 3.05) is 25.0 Å². The average molecular weight is 517 g/mol. The number of halogens is 1. The van der Waals surface area contributed by atoms with Gasteiger partial charge >= 0.3 is 12.1 Å². The second kappa shape index (κ2) is 9.12. The number of nitrogens with zero attached hydrogens (tertiary/aromatic N) is 1. The molecule has 0 aromatic heterocycles. The summed E-state index contributed by atoms with van der Waals surface area (Å²) in [5, 5.41) is 9.35. The second-order valence-corrected chi connectivity index (χ2v) is 10.8. The highest BCUT2D eigenvalue weighted by atomic mass is 32.2. The number of rotatable bonds is 6. The van der Waals surface area contributed by atoms with Crippen LogP contribution in [0.5, 0.6) is 5.75 Å². The summed E-state index contributed by atoms with van der Waals surface area (Å²) in [6.07, 6.45) is 4.11. The van der Waals surface area contributed by atoms with Gasteiger partial charge < -0.3 is 19.5 Å². The maximum absolute atomic E-state index is 14.1. The number of benzene rings is 2. The van der Waals surface area contributed by atoms with Gasteiger partial charge in [-0.3, -0.25) is 4.72 Å². The van der Waals surface area contributed by atoms with Crippen LogP contribution in [0.4, 0.5) is 14.9 Å². The van der Waals surface area contributed by atoms with Crippen LogP contribution in [0, 0.1) is 11.7 Å². The number of ether oxygens (including phenoxy) is 2. The molecule has 2 aliphatic heterocycles. The first kappa shape index (κ1) is 24.1. The molecule has 0 spiro atoms. The normalized spacial score (nSPS) is 22.5. The standard InChI is InChI=1S/C25H25FN2O7S/c1-34-24(29)22-20(8-7-18-19-12-15(19)13-35-23(18)22)27-36(32,33)21-9-5-16(26)11-14(21)4-6-17-3-2-10-28(17)25(30)31/h4-9,11,15,17,19,27H,2-3,10,12-13H2,1H3,(H,30,31)/t15-,17-,19-/m0/s1. The quantitative estimate of drug-likeness (QED) is 0.555. The lowest BCUT2D eigenvalue weighted by molar-refractivity contribution is 0.0596. The van der Waals surface area contributed by atoms with Crippen LogP contribution in [0.3, 0.4) is 0 Å². The molecule has 1 aliphatic carbocycles. The molecular formula is C25H25FN2O7S. The Morgan fingerprint density at radius 2 is 2.08 bits per heavy atom. The fraction of sp³-hybridized carbons (Fsp3) is 0.360. The molecule has 2 heterocycles. The highest BCUT2D eigenvalue weighted by Gasteiger charge is 2.45. The second-order valence-electron chi connectivity index (χ2n) is 9.14. The summed E-state index contributed by atoms with van der Waals surface area (Å²) in [6.45, 7) is 0.817. The Kier molecular flexibility index (Phi) is 6.11. The zero-order valence-corrected chi connectivity index (χ0v) is 20.3. The number of carboxylic acid groups (broad SMARTS) is 1. The van der Waals surface area contributed by atoms with E-state index in [4.69, 9.17) is 9.47 Å². The van der Waals surface area contributed by atoms with E-state index >= 15 is 0 Å². The molecule has 36 heavy (non-hydrogen) atoms. The number of fused-ring (bicyclic) bond motifs is 3. The van der Waals surface area contributed by atoms with E-state index in [1.165, 1.54) is 24.2 Å². The molecule has 2 aromatic rings. The number of anilines is 1. The van der Waals surface area contributed by atoms with E-state index in [1.54, 1.807) is 12.1 Å². The fourth-order valence-electron chi connectivity index (χ4n) is 4.98.